The van der Waals surface area contributed by atoms with Gasteiger partial charge in [-0.1, -0.05) is 48.0 Å². The summed E-state index contributed by atoms with van der Waals surface area (Å²) in [6.07, 6.45) is 1.98. The van der Waals surface area contributed by atoms with Crippen molar-refractivity contribution in [2.24, 2.45) is 7.05 Å². The molecule has 1 aromatic heterocycles. The number of fused-ring (bicyclic) bond motifs is 2. The number of nitrogens with zero attached hydrogens (tertiary/aromatic N) is 2. The number of para-hydroxylation sites is 1. The van der Waals surface area contributed by atoms with E-state index in [1.807, 2.05) is 54.2 Å². The number of aryl methyl sites for hydroxylation is 1. The number of carbonyl (C=O) groups excluding carboxylic acids is 2. The highest BCUT2D eigenvalue weighted by Crippen LogP contribution is 2.45. The number of anilines is 1. The van der Waals surface area contributed by atoms with E-state index < -0.39 is 17.8 Å². The largest absolute Gasteiger partial charge is 0.383 e. The summed E-state index contributed by atoms with van der Waals surface area (Å²) in [4.78, 5) is 29.4. The first kappa shape index (κ1) is 24.0. The topological polar surface area (TPSA) is 63.6 Å². The maximum Gasteiger partial charge on any atom is 0.254 e. The van der Waals surface area contributed by atoms with Crippen LogP contribution in [0.15, 0.2) is 72.9 Å². The number of nitrogens with one attached hydrogen (secondary N) is 1. The van der Waals surface area contributed by atoms with Crippen LogP contribution in [-0.2, 0) is 16.6 Å². The van der Waals surface area contributed by atoms with Crippen LogP contribution in [0.3, 0.4) is 0 Å². The second-order valence-electron chi connectivity index (χ2n) is 8.83. The highest BCUT2D eigenvalue weighted by atomic mass is 35.5. The van der Waals surface area contributed by atoms with Crippen LogP contribution in [0.1, 0.15) is 33.4 Å². The first-order valence-corrected chi connectivity index (χ1v) is 12.0. The van der Waals surface area contributed by atoms with E-state index in [0.717, 1.165) is 16.5 Å². The summed E-state index contributed by atoms with van der Waals surface area (Å²) in [6, 6.07) is 18.5. The van der Waals surface area contributed by atoms with Crippen LogP contribution in [0.25, 0.3) is 10.9 Å². The summed E-state index contributed by atoms with van der Waals surface area (Å²) in [7, 11) is 3.53. The molecule has 0 radical (unpaired) electrons. The van der Waals surface area contributed by atoms with Gasteiger partial charge in [0.25, 0.3) is 5.91 Å². The lowest BCUT2D eigenvalue weighted by molar-refractivity contribution is -0.119. The quantitative estimate of drug-likeness (QED) is 0.374. The Morgan fingerprint density at radius 3 is 2.61 bits per heavy atom. The van der Waals surface area contributed by atoms with Crippen molar-refractivity contribution in [2.45, 2.75) is 12.0 Å². The molecule has 1 aliphatic heterocycles. The number of rotatable bonds is 6. The molecule has 4 aromatic rings. The number of carbonyl (C=O) groups is 2. The molecule has 36 heavy (non-hydrogen) atoms. The fraction of sp³-hybridized carbons (Fsp3) is 0.214. The molecule has 2 atom stereocenters. The number of methoxy groups -OCH3 is 1. The highest BCUT2D eigenvalue weighted by molar-refractivity contribution is 6.31. The molecule has 1 N–H and O–H groups in total. The molecule has 0 saturated carbocycles. The third kappa shape index (κ3) is 4.14. The standard InChI is InChI=1S/C28H25ClFN3O3/c1-32-16-21(18-7-5-6-10-24(18)32)26-25(27(34)31-17-11-12-23(30)22(29)15-17)19-8-3-4-9-20(19)28(35)33(26)13-14-36-2/h3-12,15-16,25-26H,13-14H2,1-2H3,(H,31,34)/t25-,26+/m1/s1. The minimum atomic E-state index is -0.731. The SMILES string of the molecule is COCCN1C(=O)c2ccccc2[C@@H](C(=O)Nc2ccc(F)c(Cl)c2)[C@@H]1c1cn(C)c2ccccc12. The summed E-state index contributed by atoms with van der Waals surface area (Å²) in [5, 5.41) is 3.78. The van der Waals surface area contributed by atoms with Crippen LogP contribution in [0.5, 0.6) is 0 Å². The fourth-order valence-corrected chi connectivity index (χ4v) is 5.24. The number of hydrogen-bond donors (Lipinski definition) is 1. The van der Waals surface area contributed by atoms with Gasteiger partial charge in [0.2, 0.25) is 5.91 Å². The van der Waals surface area contributed by atoms with Crippen molar-refractivity contribution >= 4 is 40.0 Å². The number of amides is 2. The molecule has 2 heterocycles. The number of aromatic nitrogens is 1. The van der Waals surface area contributed by atoms with Crippen LogP contribution in [0.2, 0.25) is 5.02 Å². The van der Waals surface area contributed by atoms with Gasteiger partial charge >= 0.3 is 0 Å². The van der Waals surface area contributed by atoms with Gasteiger partial charge in [-0.2, -0.15) is 0 Å². The third-order valence-corrected chi connectivity index (χ3v) is 6.98. The maximum absolute atomic E-state index is 14.0. The zero-order chi connectivity index (χ0) is 25.4. The van der Waals surface area contributed by atoms with Crippen molar-refractivity contribution in [1.82, 2.24) is 9.47 Å². The second kappa shape index (κ2) is 9.76. The second-order valence-corrected chi connectivity index (χ2v) is 9.24. The molecule has 3 aromatic carbocycles. The Balaban J connectivity index is 1.68. The molecule has 1 aliphatic rings. The molecule has 2 amide bonds. The lowest BCUT2D eigenvalue weighted by atomic mass is 9.79. The first-order valence-electron chi connectivity index (χ1n) is 11.6. The Labute approximate surface area is 213 Å². The van der Waals surface area contributed by atoms with E-state index in [9.17, 15) is 14.0 Å². The molecule has 0 fully saturated rings. The zero-order valence-electron chi connectivity index (χ0n) is 19.9. The van der Waals surface area contributed by atoms with Gasteiger partial charge in [-0.25, -0.2) is 4.39 Å². The first-order chi connectivity index (χ1) is 17.4. The molecule has 8 heteroatoms. The minimum absolute atomic E-state index is 0.0839. The lowest BCUT2D eigenvalue weighted by Crippen LogP contribution is -2.47. The summed E-state index contributed by atoms with van der Waals surface area (Å²) in [5.74, 6) is -1.78. The van der Waals surface area contributed by atoms with E-state index >= 15 is 0 Å². The maximum atomic E-state index is 14.0. The zero-order valence-corrected chi connectivity index (χ0v) is 20.6. The molecule has 0 spiro atoms. The summed E-state index contributed by atoms with van der Waals surface area (Å²) in [6.45, 7) is 0.626. The third-order valence-electron chi connectivity index (χ3n) is 6.69. The van der Waals surface area contributed by atoms with Crippen molar-refractivity contribution in [2.75, 3.05) is 25.6 Å². The van der Waals surface area contributed by atoms with Crippen LogP contribution < -0.4 is 5.32 Å². The van der Waals surface area contributed by atoms with Crippen LogP contribution in [-0.4, -0.2) is 41.5 Å². The summed E-state index contributed by atoms with van der Waals surface area (Å²) in [5.41, 5.74) is 3.35. The van der Waals surface area contributed by atoms with Gasteiger partial charge < -0.3 is 19.5 Å². The van der Waals surface area contributed by atoms with Gasteiger partial charge in [-0.15, -0.1) is 0 Å². The predicted octanol–water partition coefficient (Wildman–Crippen LogP) is 5.54. The van der Waals surface area contributed by atoms with Gasteiger partial charge in [-0.3, -0.25) is 9.59 Å². The van der Waals surface area contributed by atoms with Gasteiger partial charge in [0.1, 0.15) is 5.82 Å². The number of ether oxygens (including phenoxy) is 1. The van der Waals surface area contributed by atoms with Crippen LogP contribution in [0.4, 0.5) is 10.1 Å². The Morgan fingerprint density at radius 2 is 1.83 bits per heavy atom. The molecule has 184 valence electrons. The van der Waals surface area contributed by atoms with Crippen LogP contribution in [0, 0.1) is 5.82 Å². The van der Waals surface area contributed by atoms with Crippen molar-refractivity contribution in [3.05, 3.63) is 100 Å². The van der Waals surface area contributed by atoms with E-state index in [1.54, 1.807) is 24.1 Å². The summed E-state index contributed by atoms with van der Waals surface area (Å²) >= 11 is 5.96. The van der Waals surface area contributed by atoms with E-state index in [2.05, 4.69) is 5.32 Å². The smallest absolute Gasteiger partial charge is 0.254 e. The molecular weight excluding hydrogens is 481 g/mol. The molecule has 0 unspecified atom stereocenters. The van der Waals surface area contributed by atoms with Crippen molar-refractivity contribution in [1.29, 1.82) is 0 Å². The Kier molecular flexibility index (Phi) is 6.51. The van der Waals surface area contributed by atoms with Gasteiger partial charge in [0.15, 0.2) is 0 Å². The normalized spacial score (nSPS) is 17.3. The minimum Gasteiger partial charge on any atom is -0.383 e. The van der Waals surface area contributed by atoms with Crippen molar-refractivity contribution in [3.63, 3.8) is 0 Å². The lowest BCUT2D eigenvalue weighted by Gasteiger charge is -2.41. The van der Waals surface area contributed by atoms with E-state index in [4.69, 9.17) is 16.3 Å². The molecular formula is C28H25ClFN3O3. The van der Waals surface area contributed by atoms with Crippen molar-refractivity contribution in [3.8, 4) is 0 Å². The average Bonchev–Trinajstić information content (AvgIpc) is 3.21. The number of halogens is 2. The highest BCUT2D eigenvalue weighted by Gasteiger charge is 2.45. The Hall–Kier alpha value is -3.68. The van der Waals surface area contributed by atoms with E-state index in [-0.39, 0.29) is 16.8 Å². The molecule has 5 rings (SSSR count). The fourth-order valence-electron chi connectivity index (χ4n) is 5.06. The number of hydrogen-bond acceptors (Lipinski definition) is 3. The molecule has 6 nitrogen and oxygen atoms in total. The van der Waals surface area contributed by atoms with Crippen molar-refractivity contribution < 1.29 is 18.7 Å². The monoisotopic (exact) mass is 505 g/mol. The average molecular weight is 506 g/mol. The molecule has 0 bridgehead atoms. The Bertz CT molecular complexity index is 1470. The van der Waals surface area contributed by atoms with E-state index in [0.29, 0.717) is 30.0 Å². The van der Waals surface area contributed by atoms with E-state index in [1.165, 1.54) is 18.2 Å². The molecule has 0 aliphatic carbocycles. The van der Waals surface area contributed by atoms with Crippen LogP contribution >= 0.6 is 11.6 Å². The Morgan fingerprint density at radius 1 is 1.08 bits per heavy atom. The van der Waals surface area contributed by atoms with Gasteiger partial charge in [0.05, 0.1) is 23.6 Å². The van der Waals surface area contributed by atoms with Gasteiger partial charge in [0, 0.05) is 54.6 Å². The van der Waals surface area contributed by atoms with Gasteiger partial charge in [-0.05, 0) is 35.9 Å². The molecule has 0 saturated heterocycles. The number of benzene rings is 3. The predicted molar refractivity (Wildman–Crippen MR) is 138 cm³/mol. The summed E-state index contributed by atoms with van der Waals surface area (Å²) < 4.78 is 21.1.